The number of ether oxygens (including phenoxy) is 1. The first-order chi connectivity index (χ1) is 13.7. The maximum Gasteiger partial charge on any atom is 0.191 e. The van der Waals surface area contributed by atoms with Crippen LogP contribution in [-0.4, -0.2) is 30.8 Å². The summed E-state index contributed by atoms with van der Waals surface area (Å²) < 4.78 is 11.4. The molecule has 152 valence electrons. The summed E-state index contributed by atoms with van der Waals surface area (Å²) >= 11 is 0. The van der Waals surface area contributed by atoms with Crippen molar-refractivity contribution in [2.75, 3.05) is 6.54 Å². The van der Waals surface area contributed by atoms with Gasteiger partial charge in [0.25, 0.3) is 0 Å². The molecule has 1 aliphatic rings. The number of benzene rings is 1. The van der Waals surface area contributed by atoms with Crippen molar-refractivity contribution in [2.45, 2.75) is 70.7 Å². The van der Waals surface area contributed by atoms with E-state index < -0.39 is 0 Å². The number of nitrogens with zero attached hydrogens (tertiary/aromatic N) is 1. The van der Waals surface area contributed by atoms with Crippen molar-refractivity contribution in [2.24, 2.45) is 4.99 Å². The number of aliphatic imine (C=N–C) groups is 1. The summed E-state index contributed by atoms with van der Waals surface area (Å²) in [7, 11) is 0. The van der Waals surface area contributed by atoms with Crippen LogP contribution in [0.2, 0.25) is 0 Å². The number of furan rings is 1. The van der Waals surface area contributed by atoms with Crippen molar-refractivity contribution >= 4 is 5.96 Å². The molecule has 0 amide bonds. The van der Waals surface area contributed by atoms with Crippen LogP contribution in [-0.2, 0) is 17.7 Å². The summed E-state index contributed by atoms with van der Waals surface area (Å²) in [5, 5.41) is 7.10. The van der Waals surface area contributed by atoms with Gasteiger partial charge < -0.3 is 19.8 Å². The standard InChI is InChI=1S/C23H33N3O2/c1-18(2)28-22-12-10-20(11-13-22)26-23(24-15-14-21-9-6-16-27-21)25-17-19-7-4-3-5-8-19/h3-9,16,18,20,22H,10-15,17H2,1-2H3,(H2,24,25,26). The third-order valence-electron chi connectivity index (χ3n) is 4.99. The highest BCUT2D eigenvalue weighted by Crippen LogP contribution is 2.22. The topological polar surface area (TPSA) is 58.8 Å². The number of guanidine groups is 1. The van der Waals surface area contributed by atoms with Crippen molar-refractivity contribution in [1.29, 1.82) is 0 Å². The van der Waals surface area contributed by atoms with Crippen LogP contribution < -0.4 is 10.6 Å². The zero-order valence-corrected chi connectivity index (χ0v) is 17.1. The first-order valence-electron chi connectivity index (χ1n) is 10.5. The van der Waals surface area contributed by atoms with E-state index in [0.717, 1.165) is 50.4 Å². The highest BCUT2D eigenvalue weighted by atomic mass is 16.5. The van der Waals surface area contributed by atoms with Gasteiger partial charge in [0.1, 0.15) is 5.76 Å². The molecular weight excluding hydrogens is 350 g/mol. The Bertz CT molecular complexity index is 690. The van der Waals surface area contributed by atoms with Crippen LogP contribution in [0, 0.1) is 0 Å². The monoisotopic (exact) mass is 383 g/mol. The normalized spacial score (nSPS) is 20.3. The molecule has 0 aliphatic heterocycles. The Kier molecular flexibility index (Phi) is 7.97. The van der Waals surface area contributed by atoms with E-state index in [-0.39, 0.29) is 0 Å². The Balaban J connectivity index is 1.53. The molecule has 2 N–H and O–H groups in total. The second kappa shape index (κ2) is 10.9. The van der Waals surface area contributed by atoms with Gasteiger partial charge in [-0.2, -0.15) is 0 Å². The van der Waals surface area contributed by atoms with Gasteiger partial charge in [-0.1, -0.05) is 30.3 Å². The van der Waals surface area contributed by atoms with Crippen LogP contribution in [0.15, 0.2) is 58.1 Å². The van der Waals surface area contributed by atoms with Crippen LogP contribution in [0.3, 0.4) is 0 Å². The maximum absolute atomic E-state index is 5.97. The zero-order valence-electron chi connectivity index (χ0n) is 17.1. The van der Waals surface area contributed by atoms with E-state index in [2.05, 4.69) is 48.7 Å². The minimum atomic E-state index is 0.306. The molecule has 1 aromatic heterocycles. The summed E-state index contributed by atoms with van der Waals surface area (Å²) in [6.07, 6.45) is 7.70. The van der Waals surface area contributed by atoms with E-state index in [0.29, 0.717) is 24.8 Å². The number of nitrogens with one attached hydrogen (secondary N) is 2. The fourth-order valence-corrected chi connectivity index (χ4v) is 3.59. The lowest BCUT2D eigenvalue weighted by Crippen LogP contribution is -2.46. The molecule has 1 saturated carbocycles. The lowest BCUT2D eigenvalue weighted by Gasteiger charge is -2.31. The maximum atomic E-state index is 5.97. The number of rotatable bonds is 8. The molecule has 2 aromatic rings. The largest absolute Gasteiger partial charge is 0.469 e. The van der Waals surface area contributed by atoms with Crippen molar-refractivity contribution in [3.05, 3.63) is 60.1 Å². The van der Waals surface area contributed by atoms with Crippen LogP contribution in [0.25, 0.3) is 0 Å². The smallest absolute Gasteiger partial charge is 0.191 e. The van der Waals surface area contributed by atoms with Gasteiger partial charge in [0.2, 0.25) is 0 Å². The third-order valence-corrected chi connectivity index (χ3v) is 4.99. The summed E-state index contributed by atoms with van der Waals surface area (Å²) in [5.74, 6) is 1.87. The van der Waals surface area contributed by atoms with E-state index >= 15 is 0 Å². The van der Waals surface area contributed by atoms with Crippen molar-refractivity contribution < 1.29 is 9.15 Å². The zero-order chi connectivity index (χ0) is 19.6. The molecule has 0 radical (unpaired) electrons. The van der Waals surface area contributed by atoms with Crippen LogP contribution in [0.1, 0.15) is 50.9 Å². The Morgan fingerprint density at radius 1 is 1.11 bits per heavy atom. The molecule has 1 heterocycles. The average Bonchev–Trinajstić information content (AvgIpc) is 3.21. The molecule has 28 heavy (non-hydrogen) atoms. The Morgan fingerprint density at radius 3 is 2.57 bits per heavy atom. The van der Waals surface area contributed by atoms with E-state index in [1.54, 1.807) is 6.26 Å². The summed E-state index contributed by atoms with van der Waals surface area (Å²) in [6.45, 7) is 5.69. The summed E-state index contributed by atoms with van der Waals surface area (Å²) in [5.41, 5.74) is 1.21. The molecule has 1 aromatic carbocycles. The molecule has 0 atom stereocenters. The fourth-order valence-electron chi connectivity index (χ4n) is 3.59. The van der Waals surface area contributed by atoms with Crippen LogP contribution in [0.4, 0.5) is 0 Å². The van der Waals surface area contributed by atoms with E-state index in [9.17, 15) is 0 Å². The summed E-state index contributed by atoms with van der Waals surface area (Å²) in [4.78, 5) is 4.81. The molecule has 0 spiro atoms. The predicted octanol–water partition coefficient (Wildman–Crippen LogP) is 4.29. The molecule has 5 heteroatoms. The molecule has 1 aliphatic carbocycles. The Hall–Kier alpha value is -2.27. The van der Waals surface area contributed by atoms with Gasteiger partial charge in [-0.3, -0.25) is 0 Å². The lowest BCUT2D eigenvalue weighted by molar-refractivity contribution is -0.0152. The first-order valence-corrected chi connectivity index (χ1v) is 10.5. The summed E-state index contributed by atoms with van der Waals surface area (Å²) in [6, 6.07) is 14.7. The molecule has 0 saturated heterocycles. The quantitative estimate of drug-likeness (QED) is 0.527. The highest BCUT2D eigenvalue weighted by Gasteiger charge is 2.23. The average molecular weight is 384 g/mol. The highest BCUT2D eigenvalue weighted by molar-refractivity contribution is 5.80. The number of hydrogen-bond acceptors (Lipinski definition) is 3. The lowest BCUT2D eigenvalue weighted by atomic mass is 9.93. The molecule has 3 rings (SSSR count). The van der Waals surface area contributed by atoms with Crippen molar-refractivity contribution in [1.82, 2.24) is 10.6 Å². The second-order valence-electron chi connectivity index (χ2n) is 7.71. The Labute approximate surface area is 168 Å². The third kappa shape index (κ3) is 7.04. The molecule has 0 unspecified atom stereocenters. The van der Waals surface area contributed by atoms with E-state index in [1.807, 2.05) is 18.2 Å². The minimum Gasteiger partial charge on any atom is -0.469 e. The van der Waals surface area contributed by atoms with E-state index in [1.165, 1.54) is 5.56 Å². The first kappa shape index (κ1) is 20.5. The fraction of sp³-hybridized carbons (Fsp3) is 0.522. The van der Waals surface area contributed by atoms with Gasteiger partial charge in [-0.25, -0.2) is 4.99 Å². The predicted molar refractivity (Wildman–Crippen MR) is 113 cm³/mol. The van der Waals surface area contributed by atoms with Gasteiger partial charge in [0.15, 0.2) is 5.96 Å². The van der Waals surface area contributed by atoms with Crippen molar-refractivity contribution in [3.8, 4) is 0 Å². The SMILES string of the molecule is CC(C)OC1CCC(NC(=NCc2ccccc2)NCCc2ccco2)CC1. The van der Waals surface area contributed by atoms with Gasteiger partial charge in [-0.05, 0) is 57.2 Å². The molecule has 0 bridgehead atoms. The minimum absolute atomic E-state index is 0.306. The van der Waals surface area contributed by atoms with Crippen molar-refractivity contribution in [3.63, 3.8) is 0 Å². The second-order valence-corrected chi connectivity index (χ2v) is 7.71. The molecule has 5 nitrogen and oxygen atoms in total. The molecular formula is C23H33N3O2. The van der Waals surface area contributed by atoms with Crippen LogP contribution >= 0.6 is 0 Å². The van der Waals surface area contributed by atoms with Gasteiger partial charge in [0.05, 0.1) is 25.0 Å². The van der Waals surface area contributed by atoms with Gasteiger partial charge in [0, 0.05) is 19.0 Å². The number of hydrogen-bond donors (Lipinski definition) is 2. The van der Waals surface area contributed by atoms with E-state index in [4.69, 9.17) is 14.1 Å². The van der Waals surface area contributed by atoms with Gasteiger partial charge >= 0.3 is 0 Å². The van der Waals surface area contributed by atoms with Crippen LogP contribution in [0.5, 0.6) is 0 Å². The Morgan fingerprint density at radius 2 is 1.89 bits per heavy atom. The van der Waals surface area contributed by atoms with Gasteiger partial charge in [-0.15, -0.1) is 0 Å². The molecule has 1 fully saturated rings.